The summed E-state index contributed by atoms with van der Waals surface area (Å²) < 4.78 is 3.23. The maximum atomic E-state index is 13.3. The normalized spacial score (nSPS) is 11.7. The number of rotatable bonds is 3. The van der Waals surface area contributed by atoms with Gasteiger partial charge in [0.25, 0.3) is 0 Å². The van der Waals surface area contributed by atoms with Crippen molar-refractivity contribution in [3.05, 3.63) is 71.2 Å². The summed E-state index contributed by atoms with van der Waals surface area (Å²) in [6.07, 6.45) is 6.56. The Morgan fingerprint density at radius 1 is 1.00 bits per heavy atom. The molecule has 0 bridgehead atoms. The van der Waals surface area contributed by atoms with Crippen LogP contribution >= 0.6 is 0 Å². The van der Waals surface area contributed by atoms with Crippen LogP contribution in [-0.2, 0) is 12.5 Å². The van der Waals surface area contributed by atoms with Gasteiger partial charge in [-0.05, 0) is 37.6 Å². The third-order valence-electron chi connectivity index (χ3n) is 5.86. The molecule has 0 aliphatic rings. The topological polar surface area (TPSA) is 128 Å². The number of fused-ring (bicyclic) bond motifs is 3. The molecule has 4 heterocycles. The van der Waals surface area contributed by atoms with Gasteiger partial charge in [-0.25, -0.2) is 14.8 Å². The third kappa shape index (κ3) is 3.20. The summed E-state index contributed by atoms with van der Waals surface area (Å²) in [5.41, 5.74) is 9.79. The average molecular weight is 436 g/mol. The molecule has 5 aromatic rings. The number of hydrogen-bond donors (Lipinski definition) is 1. The highest BCUT2D eigenvalue weighted by Crippen LogP contribution is 2.29. The lowest BCUT2D eigenvalue weighted by molar-refractivity contribution is 0.686. The van der Waals surface area contributed by atoms with E-state index in [9.17, 15) is 10.1 Å². The molecule has 0 unspecified atom stereocenters. The van der Waals surface area contributed by atoms with E-state index in [1.807, 2.05) is 44.2 Å². The minimum Gasteiger partial charge on any atom is -0.368 e. The van der Waals surface area contributed by atoms with E-state index < -0.39 is 5.41 Å². The highest BCUT2D eigenvalue weighted by Gasteiger charge is 2.21. The van der Waals surface area contributed by atoms with E-state index in [-0.39, 0.29) is 11.6 Å². The van der Waals surface area contributed by atoms with Gasteiger partial charge in [-0.1, -0.05) is 12.1 Å². The number of pyridine rings is 2. The van der Waals surface area contributed by atoms with Gasteiger partial charge in [0.2, 0.25) is 5.95 Å². The standard InChI is InChI=1S/C24H20N8O/c1-24(2,13-25)15-4-6-16(7-5-15)32-21-17-8-18(14-9-29-22(26)30-10-14)27-11-19(17)28-12-20(21)31(3)23(32)33/h4-12H,1-3H3,(H2,26,29,30). The van der Waals surface area contributed by atoms with Gasteiger partial charge < -0.3 is 5.73 Å². The van der Waals surface area contributed by atoms with Gasteiger partial charge in [0.05, 0.1) is 51.8 Å². The Morgan fingerprint density at radius 2 is 1.70 bits per heavy atom. The molecule has 0 spiro atoms. The summed E-state index contributed by atoms with van der Waals surface area (Å²) in [5, 5.41) is 10.2. The minimum absolute atomic E-state index is 0.184. The second kappa shape index (κ2) is 7.24. The Balaban J connectivity index is 1.78. The summed E-state index contributed by atoms with van der Waals surface area (Å²) in [4.78, 5) is 30.3. The smallest absolute Gasteiger partial charge is 0.333 e. The second-order valence-corrected chi connectivity index (χ2v) is 8.37. The van der Waals surface area contributed by atoms with E-state index >= 15 is 0 Å². The fourth-order valence-electron chi connectivity index (χ4n) is 3.86. The number of hydrogen-bond acceptors (Lipinski definition) is 7. The van der Waals surface area contributed by atoms with Crippen molar-refractivity contribution in [2.45, 2.75) is 19.3 Å². The molecule has 1 aromatic carbocycles. The summed E-state index contributed by atoms with van der Waals surface area (Å²) in [7, 11) is 1.72. The number of nitriles is 1. The zero-order valence-corrected chi connectivity index (χ0v) is 18.3. The quantitative estimate of drug-likeness (QED) is 0.460. The second-order valence-electron chi connectivity index (χ2n) is 8.37. The Kier molecular flexibility index (Phi) is 4.46. The number of anilines is 1. The summed E-state index contributed by atoms with van der Waals surface area (Å²) in [6.45, 7) is 3.72. The van der Waals surface area contributed by atoms with Crippen molar-refractivity contribution in [1.82, 2.24) is 29.1 Å². The molecule has 0 atom stereocenters. The number of aromatic nitrogens is 6. The molecule has 0 radical (unpaired) electrons. The maximum absolute atomic E-state index is 13.3. The van der Waals surface area contributed by atoms with Gasteiger partial charge in [0.15, 0.2) is 0 Å². The number of nitrogens with two attached hydrogens (primary N) is 1. The van der Waals surface area contributed by atoms with Crippen molar-refractivity contribution in [1.29, 1.82) is 5.26 Å². The van der Waals surface area contributed by atoms with Crippen LogP contribution in [0.3, 0.4) is 0 Å². The zero-order valence-electron chi connectivity index (χ0n) is 18.3. The van der Waals surface area contributed by atoms with Crippen molar-refractivity contribution < 1.29 is 0 Å². The molecule has 0 amide bonds. The van der Waals surface area contributed by atoms with Crippen LogP contribution in [0, 0.1) is 11.3 Å². The Hall–Kier alpha value is -4.58. The van der Waals surface area contributed by atoms with Crippen LogP contribution in [0.5, 0.6) is 0 Å². The molecule has 0 aliphatic heterocycles. The fourth-order valence-corrected chi connectivity index (χ4v) is 3.86. The molecule has 33 heavy (non-hydrogen) atoms. The molecule has 0 saturated carbocycles. The SMILES string of the molecule is Cn1c(=O)n(-c2ccc(C(C)(C)C#N)cc2)c2c3cc(-c4cnc(N)nc4)ncc3ncc21. The molecule has 9 heteroatoms. The Labute approximate surface area is 188 Å². The first-order chi connectivity index (χ1) is 15.8. The number of aryl methyl sites for hydroxylation is 1. The molecular formula is C24H20N8O. The predicted octanol–water partition coefficient (Wildman–Crippen LogP) is 3.11. The van der Waals surface area contributed by atoms with E-state index in [0.29, 0.717) is 28.0 Å². The molecule has 5 rings (SSSR count). The van der Waals surface area contributed by atoms with Crippen LogP contribution in [0.25, 0.3) is 38.9 Å². The first kappa shape index (κ1) is 20.3. The first-order valence-corrected chi connectivity index (χ1v) is 10.3. The number of benzene rings is 1. The molecule has 9 nitrogen and oxygen atoms in total. The third-order valence-corrected chi connectivity index (χ3v) is 5.86. The summed E-state index contributed by atoms with van der Waals surface area (Å²) in [5.74, 6) is 0.184. The molecule has 0 aliphatic carbocycles. The molecule has 0 fully saturated rings. The van der Waals surface area contributed by atoms with E-state index in [2.05, 4.69) is 26.0 Å². The van der Waals surface area contributed by atoms with Crippen LogP contribution in [0.15, 0.2) is 59.9 Å². The van der Waals surface area contributed by atoms with Crippen molar-refractivity contribution >= 4 is 27.9 Å². The summed E-state index contributed by atoms with van der Waals surface area (Å²) >= 11 is 0. The van der Waals surface area contributed by atoms with Gasteiger partial charge in [-0.3, -0.25) is 19.1 Å². The Morgan fingerprint density at radius 3 is 2.36 bits per heavy atom. The van der Waals surface area contributed by atoms with Gasteiger partial charge in [-0.2, -0.15) is 5.26 Å². The van der Waals surface area contributed by atoms with E-state index in [1.54, 1.807) is 41.0 Å². The van der Waals surface area contributed by atoms with Gasteiger partial charge in [0.1, 0.15) is 0 Å². The number of nitrogens with zero attached hydrogens (tertiary/aromatic N) is 7. The van der Waals surface area contributed by atoms with E-state index in [1.165, 1.54) is 0 Å². The monoisotopic (exact) mass is 436 g/mol. The molecule has 2 N–H and O–H groups in total. The Bertz CT molecular complexity index is 1620. The van der Waals surface area contributed by atoms with Crippen LogP contribution in [0.2, 0.25) is 0 Å². The van der Waals surface area contributed by atoms with Gasteiger partial charge in [-0.15, -0.1) is 0 Å². The van der Waals surface area contributed by atoms with Crippen LogP contribution in [-0.4, -0.2) is 29.1 Å². The highest BCUT2D eigenvalue weighted by atomic mass is 16.1. The first-order valence-electron chi connectivity index (χ1n) is 10.3. The fraction of sp³-hybridized carbons (Fsp3) is 0.167. The molecule has 4 aromatic heterocycles. The number of imidazole rings is 1. The number of nitrogen functional groups attached to an aromatic ring is 1. The zero-order chi connectivity index (χ0) is 23.3. The average Bonchev–Trinajstić information content (AvgIpc) is 3.09. The molecular weight excluding hydrogens is 416 g/mol. The lowest BCUT2D eigenvalue weighted by Crippen LogP contribution is -2.21. The minimum atomic E-state index is -0.624. The van der Waals surface area contributed by atoms with Crippen molar-refractivity contribution in [2.75, 3.05) is 5.73 Å². The van der Waals surface area contributed by atoms with Crippen molar-refractivity contribution in [3.63, 3.8) is 0 Å². The lowest BCUT2D eigenvalue weighted by Gasteiger charge is -2.16. The van der Waals surface area contributed by atoms with Gasteiger partial charge >= 0.3 is 5.69 Å². The van der Waals surface area contributed by atoms with Crippen molar-refractivity contribution in [2.24, 2.45) is 7.05 Å². The van der Waals surface area contributed by atoms with Crippen LogP contribution in [0.1, 0.15) is 19.4 Å². The summed E-state index contributed by atoms with van der Waals surface area (Å²) in [6, 6.07) is 11.7. The maximum Gasteiger partial charge on any atom is 0.333 e. The molecule has 0 saturated heterocycles. The largest absolute Gasteiger partial charge is 0.368 e. The van der Waals surface area contributed by atoms with Crippen LogP contribution in [0.4, 0.5) is 5.95 Å². The van der Waals surface area contributed by atoms with Gasteiger partial charge in [0, 0.05) is 30.4 Å². The lowest BCUT2D eigenvalue weighted by atomic mass is 9.86. The molecule has 162 valence electrons. The highest BCUT2D eigenvalue weighted by molar-refractivity contribution is 6.04. The van der Waals surface area contributed by atoms with Crippen molar-refractivity contribution in [3.8, 4) is 23.0 Å². The van der Waals surface area contributed by atoms with Crippen LogP contribution < -0.4 is 11.4 Å². The van der Waals surface area contributed by atoms with E-state index in [0.717, 1.165) is 16.5 Å². The van der Waals surface area contributed by atoms with E-state index in [4.69, 9.17) is 5.73 Å². The predicted molar refractivity (Wildman–Crippen MR) is 126 cm³/mol.